The number of nitrogens with one attached hydrogen (secondary N) is 1. The molecule has 1 heterocycles. The zero-order chi connectivity index (χ0) is 14.2. The van der Waals surface area contributed by atoms with Crippen LogP contribution in [0, 0.1) is 0 Å². The van der Waals surface area contributed by atoms with Crippen molar-refractivity contribution in [2.45, 2.75) is 45.1 Å². The molecule has 0 aliphatic carbocycles. The number of hydrogen-bond acceptors (Lipinski definition) is 3. The van der Waals surface area contributed by atoms with Crippen molar-refractivity contribution in [3.8, 4) is 0 Å². The van der Waals surface area contributed by atoms with Crippen molar-refractivity contribution in [3.63, 3.8) is 0 Å². The molecule has 0 bridgehead atoms. The maximum absolute atomic E-state index is 8.76. The molecule has 112 valence electrons. The molecule has 2 N–H and O–H groups in total. The lowest BCUT2D eigenvalue weighted by Gasteiger charge is -2.20. The highest BCUT2D eigenvalue weighted by Crippen LogP contribution is 2.23. The Morgan fingerprint density at radius 2 is 2.00 bits per heavy atom. The van der Waals surface area contributed by atoms with Crippen molar-refractivity contribution in [2.75, 3.05) is 31.1 Å². The normalized spacial score (nSPS) is 16.6. The van der Waals surface area contributed by atoms with E-state index in [0.717, 1.165) is 25.8 Å². The molecule has 0 amide bonds. The van der Waals surface area contributed by atoms with Crippen LogP contribution in [0.3, 0.4) is 0 Å². The molecule has 1 aromatic rings. The second kappa shape index (κ2) is 8.28. The van der Waals surface area contributed by atoms with Crippen molar-refractivity contribution in [3.05, 3.63) is 29.8 Å². The molecule has 1 saturated heterocycles. The Morgan fingerprint density at radius 1 is 1.20 bits per heavy atom. The van der Waals surface area contributed by atoms with Crippen LogP contribution in [0.4, 0.5) is 5.69 Å². The van der Waals surface area contributed by atoms with E-state index in [1.165, 1.54) is 37.2 Å². The Labute approximate surface area is 123 Å². The number of hydrogen-bond donors (Lipinski definition) is 2. The topological polar surface area (TPSA) is 35.5 Å². The Morgan fingerprint density at radius 3 is 2.75 bits per heavy atom. The van der Waals surface area contributed by atoms with Gasteiger partial charge in [-0.1, -0.05) is 12.1 Å². The lowest BCUT2D eigenvalue weighted by atomic mass is 10.1. The van der Waals surface area contributed by atoms with Crippen LogP contribution in [0.5, 0.6) is 0 Å². The standard InChI is InChI=1S/C17H28N2O/c1-15(18-10-3-2-6-13-20)16-8-7-9-17(14-16)19-11-4-5-12-19/h7-9,14-15,18,20H,2-6,10-13H2,1H3. The van der Waals surface area contributed by atoms with E-state index in [9.17, 15) is 0 Å². The molecule has 3 heteroatoms. The largest absolute Gasteiger partial charge is 0.396 e. The van der Waals surface area contributed by atoms with Gasteiger partial charge in [0.15, 0.2) is 0 Å². The van der Waals surface area contributed by atoms with E-state index in [1.54, 1.807) is 0 Å². The Hall–Kier alpha value is -1.06. The molecule has 0 aromatic heterocycles. The summed E-state index contributed by atoms with van der Waals surface area (Å²) in [6, 6.07) is 9.34. The van der Waals surface area contributed by atoms with E-state index in [4.69, 9.17) is 5.11 Å². The van der Waals surface area contributed by atoms with Gasteiger partial charge in [0, 0.05) is 31.4 Å². The summed E-state index contributed by atoms with van der Waals surface area (Å²) in [6.45, 7) is 5.97. The number of unbranched alkanes of at least 4 members (excludes halogenated alkanes) is 2. The van der Waals surface area contributed by atoms with E-state index in [2.05, 4.69) is 41.4 Å². The Kier molecular flexibility index (Phi) is 6.34. The van der Waals surface area contributed by atoms with Crippen LogP contribution >= 0.6 is 0 Å². The van der Waals surface area contributed by atoms with Crippen LogP contribution < -0.4 is 10.2 Å². The molecule has 1 aliphatic heterocycles. The van der Waals surface area contributed by atoms with Gasteiger partial charge in [0.05, 0.1) is 0 Å². The van der Waals surface area contributed by atoms with Crippen LogP contribution in [-0.4, -0.2) is 31.3 Å². The highest BCUT2D eigenvalue weighted by Gasteiger charge is 2.13. The van der Waals surface area contributed by atoms with Crippen molar-refractivity contribution in [1.82, 2.24) is 5.32 Å². The van der Waals surface area contributed by atoms with Crippen LogP contribution in [0.25, 0.3) is 0 Å². The molecule has 1 unspecified atom stereocenters. The lowest BCUT2D eigenvalue weighted by molar-refractivity contribution is 0.282. The van der Waals surface area contributed by atoms with Crippen molar-refractivity contribution in [2.24, 2.45) is 0 Å². The summed E-state index contributed by atoms with van der Waals surface area (Å²) >= 11 is 0. The Bertz CT molecular complexity index is 388. The third-order valence-corrected chi connectivity index (χ3v) is 4.13. The minimum atomic E-state index is 0.313. The van der Waals surface area contributed by atoms with Crippen LogP contribution in [0.15, 0.2) is 24.3 Å². The van der Waals surface area contributed by atoms with Gasteiger partial charge in [-0.25, -0.2) is 0 Å². The first-order valence-corrected chi connectivity index (χ1v) is 8.00. The minimum Gasteiger partial charge on any atom is -0.396 e. The molecule has 0 radical (unpaired) electrons. The predicted octanol–water partition coefficient (Wildman–Crippen LogP) is 3.10. The lowest BCUT2D eigenvalue weighted by Crippen LogP contribution is -2.21. The summed E-state index contributed by atoms with van der Waals surface area (Å²) in [5.74, 6) is 0. The zero-order valence-electron chi connectivity index (χ0n) is 12.6. The molecule has 1 aromatic carbocycles. The molecule has 1 atom stereocenters. The van der Waals surface area contributed by atoms with Gasteiger partial charge in [-0.3, -0.25) is 0 Å². The second-order valence-corrected chi connectivity index (χ2v) is 5.75. The minimum absolute atomic E-state index is 0.313. The Balaban J connectivity index is 1.82. The van der Waals surface area contributed by atoms with E-state index in [-0.39, 0.29) is 0 Å². The molecule has 1 fully saturated rings. The van der Waals surface area contributed by atoms with Crippen LogP contribution in [0.1, 0.15) is 50.6 Å². The number of aliphatic hydroxyl groups excluding tert-OH is 1. The number of rotatable bonds is 8. The SMILES string of the molecule is CC(NCCCCCO)c1cccc(N2CCCC2)c1. The molecule has 2 rings (SSSR count). The van der Waals surface area contributed by atoms with Gasteiger partial charge in [0.2, 0.25) is 0 Å². The van der Waals surface area contributed by atoms with E-state index >= 15 is 0 Å². The molecule has 1 aliphatic rings. The summed E-state index contributed by atoms with van der Waals surface area (Å²) in [5, 5.41) is 12.3. The van der Waals surface area contributed by atoms with Gasteiger partial charge in [-0.2, -0.15) is 0 Å². The van der Waals surface area contributed by atoms with E-state index < -0.39 is 0 Å². The number of anilines is 1. The summed E-state index contributed by atoms with van der Waals surface area (Å²) < 4.78 is 0. The average molecular weight is 276 g/mol. The molecular weight excluding hydrogens is 248 g/mol. The van der Waals surface area contributed by atoms with Crippen LogP contribution in [0.2, 0.25) is 0 Å². The highest BCUT2D eigenvalue weighted by atomic mass is 16.2. The monoisotopic (exact) mass is 276 g/mol. The van der Waals surface area contributed by atoms with E-state index in [1.807, 2.05) is 0 Å². The average Bonchev–Trinajstić information content (AvgIpc) is 3.01. The smallest absolute Gasteiger partial charge is 0.0431 e. The maximum Gasteiger partial charge on any atom is 0.0431 e. The number of nitrogens with zero attached hydrogens (tertiary/aromatic N) is 1. The number of benzene rings is 1. The summed E-state index contributed by atoms with van der Waals surface area (Å²) in [4.78, 5) is 2.48. The fourth-order valence-corrected chi connectivity index (χ4v) is 2.82. The molecule has 3 nitrogen and oxygen atoms in total. The van der Waals surface area contributed by atoms with Gasteiger partial charge in [0.1, 0.15) is 0 Å². The fourth-order valence-electron chi connectivity index (χ4n) is 2.82. The molecular formula is C17H28N2O. The summed E-state index contributed by atoms with van der Waals surface area (Å²) in [6.07, 6.45) is 5.80. The highest BCUT2D eigenvalue weighted by molar-refractivity contribution is 5.49. The van der Waals surface area contributed by atoms with Crippen molar-refractivity contribution >= 4 is 5.69 Å². The molecule has 0 saturated carbocycles. The van der Waals surface area contributed by atoms with Crippen molar-refractivity contribution < 1.29 is 5.11 Å². The van der Waals surface area contributed by atoms with Gasteiger partial charge >= 0.3 is 0 Å². The fraction of sp³-hybridized carbons (Fsp3) is 0.647. The third-order valence-electron chi connectivity index (χ3n) is 4.13. The molecule has 0 spiro atoms. The van der Waals surface area contributed by atoms with Crippen LogP contribution in [-0.2, 0) is 0 Å². The van der Waals surface area contributed by atoms with E-state index in [0.29, 0.717) is 12.6 Å². The third kappa shape index (κ3) is 4.50. The van der Waals surface area contributed by atoms with Gasteiger partial charge in [0.25, 0.3) is 0 Å². The maximum atomic E-state index is 8.76. The number of aliphatic hydroxyl groups is 1. The zero-order valence-corrected chi connectivity index (χ0v) is 12.6. The molecule has 20 heavy (non-hydrogen) atoms. The van der Waals surface area contributed by atoms with Gasteiger partial charge in [-0.15, -0.1) is 0 Å². The first kappa shape index (κ1) is 15.3. The quantitative estimate of drug-likeness (QED) is 0.716. The summed E-state index contributed by atoms with van der Waals surface area (Å²) in [5.41, 5.74) is 2.74. The predicted molar refractivity (Wildman–Crippen MR) is 85.2 cm³/mol. The first-order valence-electron chi connectivity index (χ1n) is 8.00. The van der Waals surface area contributed by atoms with Gasteiger partial charge in [-0.05, 0) is 63.3 Å². The van der Waals surface area contributed by atoms with Gasteiger partial charge < -0.3 is 15.3 Å². The second-order valence-electron chi connectivity index (χ2n) is 5.75. The first-order chi connectivity index (χ1) is 9.81. The van der Waals surface area contributed by atoms with Crippen molar-refractivity contribution in [1.29, 1.82) is 0 Å². The summed E-state index contributed by atoms with van der Waals surface area (Å²) in [7, 11) is 0.